The summed E-state index contributed by atoms with van der Waals surface area (Å²) in [6, 6.07) is 19.0. The topological polar surface area (TPSA) is 71.1 Å². The number of hydrogen-bond acceptors (Lipinski definition) is 4. The summed E-state index contributed by atoms with van der Waals surface area (Å²) in [5.74, 6) is 0. The van der Waals surface area contributed by atoms with E-state index in [4.69, 9.17) is 10.5 Å². The van der Waals surface area contributed by atoms with Crippen LogP contribution in [0.4, 0.5) is 0 Å². The number of nitrogens with zero attached hydrogens (tertiary/aromatic N) is 3. The van der Waals surface area contributed by atoms with Crippen molar-refractivity contribution >= 4 is 0 Å². The molecule has 24 heavy (non-hydrogen) atoms. The second kappa shape index (κ2) is 8.26. The largest absolute Gasteiger partial charge is 0.387 e. The first-order valence-corrected chi connectivity index (χ1v) is 7.94. The molecule has 2 aromatic rings. The quantitative estimate of drug-likeness (QED) is 0.886. The summed E-state index contributed by atoms with van der Waals surface area (Å²) in [4.78, 5) is 2.18. The van der Waals surface area contributed by atoms with Crippen LogP contribution >= 0.6 is 0 Å². The van der Waals surface area contributed by atoms with Gasteiger partial charge < -0.3 is 5.11 Å². The van der Waals surface area contributed by atoms with Gasteiger partial charge in [-0.3, -0.25) is 4.90 Å². The van der Waals surface area contributed by atoms with Crippen LogP contribution in [0.1, 0.15) is 42.2 Å². The molecule has 0 heterocycles. The number of hydrogen-bond donors (Lipinski definition) is 1. The van der Waals surface area contributed by atoms with E-state index in [2.05, 4.69) is 30.9 Å². The third-order valence-electron chi connectivity index (χ3n) is 4.03. The molecule has 1 N–H and O–H groups in total. The SMILES string of the molecule is CC(C)N(Cc1ccc(C#N)cc1)CC(O)c1ccc(C#N)cc1. The van der Waals surface area contributed by atoms with Crippen molar-refractivity contribution in [2.75, 3.05) is 6.54 Å². The molecule has 0 saturated carbocycles. The zero-order valence-electron chi connectivity index (χ0n) is 14.0. The van der Waals surface area contributed by atoms with Gasteiger partial charge in [-0.25, -0.2) is 0 Å². The number of aliphatic hydroxyl groups excluding tert-OH is 1. The molecule has 0 spiro atoms. The van der Waals surface area contributed by atoms with E-state index in [1.54, 1.807) is 24.3 Å². The van der Waals surface area contributed by atoms with E-state index in [-0.39, 0.29) is 6.04 Å². The number of aliphatic hydroxyl groups is 1. The van der Waals surface area contributed by atoms with Crippen LogP contribution in [0.2, 0.25) is 0 Å². The van der Waals surface area contributed by atoms with Gasteiger partial charge in [-0.15, -0.1) is 0 Å². The van der Waals surface area contributed by atoms with Crippen LogP contribution < -0.4 is 0 Å². The van der Waals surface area contributed by atoms with Gasteiger partial charge >= 0.3 is 0 Å². The lowest BCUT2D eigenvalue weighted by Gasteiger charge is -2.29. The van der Waals surface area contributed by atoms with E-state index in [0.717, 1.165) is 11.1 Å². The molecule has 1 atom stereocenters. The van der Waals surface area contributed by atoms with Crippen LogP contribution in [0.15, 0.2) is 48.5 Å². The molecular formula is C20H21N3O. The Morgan fingerprint density at radius 1 is 0.917 bits per heavy atom. The van der Waals surface area contributed by atoms with Crippen LogP contribution in [0.5, 0.6) is 0 Å². The maximum Gasteiger partial charge on any atom is 0.0991 e. The Morgan fingerprint density at radius 2 is 1.42 bits per heavy atom. The van der Waals surface area contributed by atoms with Crippen molar-refractivity contribution in [3.05, 3.63) is 70.8 Å². The molecule has 0 amide bonds. The molecule has 0 saturated heterocycles. The Labute approximate surface area is 143 Å². The highest BCUT2D eigenvalue weighted by Gasteiger charge is 2.16. The molecular weight excluding hydrogens is 298 g/mol. The van der Waals surface area contributed by atoms with Crippen molar-refractivity contribution in [2.45, 2.75) is 32.5 Å². The summed E-state index contributed by atoms with van der Waals surface area (Å²) in [5, 5.41) is 28.2. The lowest BCUT2D eigenvalue weighted by atomic mass is 10.1. The molecule has 4 nitrogen and oxygen atoms in total. The van der Waals surface area contributed by atoms with Gasteiger partial charge in [-0.05, 0) is 49.2 Å². The second-order valence-electron chi connectivity index (χ2n) is 6.08. The molecule has 0 fully saturated rings. The van der Waals surface area contributed by atoms with Crippen LogP contribution in [-0.2, 0) is 6.54 Å². The minimum absolute atomic E-state index is 0.272. The fraction of sp³-hybridized carbons (Fsp3) is 0.300. The fourth-order valence-corrected chi connectivity index (χ4v) is 2.48. The highest BCUT2D eigenvalue weighted by atomic mass is 16.3. The highest BCUT2D eigenvalue weighted by molar-refractivity contribution is 5.33. The molecule has 0 aromatic heterocycles. The molecule has 0 radical (unpaired) electrons. The summed E-state index contributed by atoms with van der Waals surface area (Å²) in [6.07, 6.45) is -0.612. The first-order valence-electron chi connectivity index (χ1n) is 7.94. The maximum atomic E-state index is 10.5. The Kier molecular flexibility index (Phi) is 6.09. The van der Waals surface area contributed by atoms with Crippen LogP contribution in [0.3, 0.4) is 0 Å². The second-order valence-corrected chi connectivity index (χ2v) is 6.08. The summed E-state index contributed by atoms with van der Waals surface area (Å²) >= 11 is 0. The smallest absolute Gasteiger partial charge is 0.0991 e. The van der Waals surface area contributed by atoms with Gasteiger partial charge in [-0.1, -0.05) is 24.3 Å². The van der Waals surface area contributed by atoms with E-state index in [9.17, 15) is 5.11 Å². The van der Waals surface area contributed by atoms with Crippen molar-refractivity contribution in [3.63, 3.8) is 0 Å². The molecule has 0 aliphatic rings. The minimum Gasteiger partial charge on any atom is -0.387 e. The molecule has 0 aliphatic heterocycles. The van der Waals surface area contributed by atoms with Gasteiger partial charge in [0.15, 0.2) is 0 Å². The zero-order chi connectivity index (χ0) is 17.5. The number of rotatable bonds is 6. The van der Waals surface area contributed by atoms with Gasteiger partial charge in [0.25, 0.3) is 0 Å². The van der Waals surface area contributed by atoms with Crippen LogP contribution in [0, 0.1) is 22.7 Å². The highest BCUT2D eigenvalue weighted by Crippen LogP contribution is 2.18. The summed E-state index contributed by atoms with van der Waals surface area (Å²) in [7, 11) is 0. The van der Waals surface area contributed by atoms with E-state index < -0.39 is 6.10 Å². The first kappa shape index (κ1) is 17.7. The van der Waals surface area contributed by atoms with Gasteiger partial charge in [0.2, 0.25) is 0 Å². The van der Waals surface area contributed by atoms with Gasteiger partial charge in [-0.2, -0.15) is 10.5 Å². The lowest BCUT2D eigenvalue weighted by molar-refractivity contribution is 0.0908. The van der Waals surface area contributed by atoms with Crippen molar-refractivity contribution in [1.29, 1.82) is 10.5 Å². The average molecular weight is 319 g/mol. The molecule has 2 rings (SSSR count). The van der Waals surface area contributed by atoms with E-state index >= 15 is 0 Å². The molecule has 1 unspecified atom stereocenters. The van der Waals surface area contributed by atoms with E-state index in [1.165, 1.54) is 0 Å². The standard InChI is InChI=1S/C20H21N3O/c1-15(2)23(13-18-5-3-16(11-21)4-6-18)14-20(24)19-9-7-17(12-22)8-10-19/h3-10,15,20,24H,13-14H2,1-2H3. The minimum atomic E-state index is -0.612. The van der Waals surface area contributed by atoms with Crippen molar-refractivity contribution in [3.8, 4) is 12.1 Å². The zero-order valence-corrected chi connectivity index (χ0v) is 14.0. The van der Waals surface area contributed by atoms with Crippen molar-refractivity contribution in [1.82, 2.24) is 4.90 Å². The Morgan fingerprint density at radius 3 is 1.88 bits per heavy atom. The third-order valence-corrected chi connectivity index (χ3v) is 4.03. The number of nitriles is 2. The van der Waals surface area contributed by atoms with Crippen molar-refractivity contribution < 1.29 is 5.11 Å². The summed E-state index contributed by atoms with van der Waals surface area (Å²) in [6.45, 7) is 5.39. The monoisotopic (exact) mass is 319 g/mol. The van der Waals surface area contributed by atoms with Gasteiger partial charge in [0.1, 0.15) is 0 Å². The van der Waals surface area contributed by atoms with Crippen molar-refractivity contribution in [2.24, 2.45) is 0 Å². The maximum absolute atomic E-state index is 10.5. The molecule has 4 heteroatoms. The fourth-order valence-electron chi connectivity index (χ4n) is 2.48. The predicted molar refractivity (Wildman–Crippen MR) is 92.8 cm³/mol. The van der Waals surface area contributed by atoms with E-state index in [1.807, 2.05) is 24.3 Å². The normalized spacial score (nSPS) is 12.0. The Hall–Kier alpha value is -2.66. The predicted octanol–water partition coefficient (Wildman–Crippen LogP) is 3.37. The summed E-state index contributed by atoms with van der Waals surface area (Å²) in [5.41, 5.74) is 3.14. The molecule has 0 bridgehead atoms. The average Bonchev–Trinajstić information content (AvgIpc) is 2.61. The lowest BCUT2D eigenvalue weighted by Crippen LogP contribution is -2.34. The van der Waals surface area contributed by atoms with Crippen LogP contribution in [-0.4, -0.2) is 22.6 Å². The molecule has 122 valence electrons. The molecule has 0 aliphatic carbocycles. The van der Waals surface area contributed by atoms with Gasteiger partial charge in [0, 0.05) is 19.1 Å². The van der Waals surface area contributed by atoms with Gasteiger partial charge in [0.05, 0.1) is 29.4 Å². The Bertz CT molecular complexity index is 736. The van der Waals surface area contributed by atoms with E-state index in [0.29, 0.717) is 24.2 Å². The first-order chi connectivity index (χ1) is 11.5. The molecule has 2 aromatic carbocycles. The summed E-state index contributed by atoms with van der Waals surface area (Å²) < 4.78 is 0. The number of benzene rings is 2. The third kappa shape index (κ3) is 4.67. The van der Waals surface area contributed by atoms with Crippen LogP contribution in [0.25, 0.3) is 0 Å². The Balaban J connectivity index is 2.06.